The molecule has 1 amide bonds. The van der Waals surface area contributed by atoms with Crippen LogP contribution in [0.2, 0.25) is 5.02 Å². The number of rotatable bonds is 6. The van der Waals surface area contributed by atoms with Crippen LogP contribution >= 0.6 is 11.6 Å². The Kier molecular flexibility index (Phi) is 5.42. The zero-order valence-corrected chi connectivity index (χ0v) is 12.7. The summed E-state index contributed by atoms with van der Waals surface area (Å²) in [5, 5.41) is 13.2. The quantitative estimate of drug-likeness (QED) is 0.856. The Balaban J connectivity index is 1.96. The molecular formula is C16H19ClN2O2. The smallest absolute Gasteiger partial charge is 0.244 e. The van der Waals surface area contributed by atoms with Crippen LogP contribution in [0, 0.1) is 0 Å². The summed E-state index contributed by atoms with van der Waals surface area (Å²) < 4.78 is 1.75. The number of amides is 1. The molecule has 1 atom stereocenters. The van der Waals surface area contributed by atoms with E-state index in [0.29, 0.717) is 10.7 Å². The molecule has 2 aromatic rings. The van der Waals surface area contributed by atoms with Gasteiger partial charge in [-0.3, -0.25) is 4.79 Å². The van der Waals surface area contributed by atoms with Crippen LogP contribution in [-0.2, 0) is 11.3 Å². The van der Waals surface area contributed by atoms with Crippen molar-refractivity contribution in [3.8, 4) is 0 Å². The van der Waals surface area contributed by atoms with Gasteiger partial charge in [-0.2, -0.15) is 0 Å². The third kappa shape index (κ3) is 4.34. The summed E-state index contributed by atoms with van der Waals surface area (Å²) in [6.07, 6.45) is 4.75. The topological polar surface area (TPSA) is 54.3 Å². The van der Waals surface area contributed by atoms with Gasteiger partial charge in [-0.1, -0.05) is 37.1 Å². The lowest BCUT2D eigenvalue weighted by molar-refractivity contribution is -0.116. The van der Waals surface area contributed by atoms with Crippen molar-refractivity contribution in [3.63, 3.8) is 0 Å². The van der Waals surface area contributed by atoms with Crippen LogP contribution in [0.1, 0.15) is 31.4 Å². The van der Waals surface area contributed by atoms with E-state index in [1.807, 2.05) is 25.1 Å². The van der Waals surface area contributed by atoms with Crippen molar-refractivity contribution in [2.75, 3.05) is 5.32 Å². The molecule has 1 aromatic carbocycles. The minimum Gasteiger partial charge on any atom is -0.388 e. The second kappa shape index (κ2) is 7.29. The van der Waals surface area contributed by atoms with Gasteiger partial charge in [0.25, 0.3) is 0 Å². The van der Waals surface area contributed by atoms with Gasteiger partial charge < -0.3 is 15.0 Å². The number of carbonyl (C=O) groups is 1. The van der Waals surface area contributed by atoms with Crippen LogP contribution in [0.3, 0.4) is 0 Å². The van der Waals surface area contributed by atoms with E-state index in [-0.39, 0.29) is 12.5 Å². The van der Waals surface area contributed by atoms with Crippen LogP contribution in [0.4, 0.5) is 5.69 Å². The Hall–Kier alpha value is -1.78. The summed E-state index contributed by atoms with van der Waals surface area (Å²) in [5.41, 5.74) is 1.44. The molecule has 21 heavy (non-hydrogen) atoms. The summed E-state index contributed by atoms with van der Waals surface area (Å²) in [6.45, 7) is 2.21. The van der Waals surface area contributed by atoms with Gasteiger partial charge in [0.1, 0.15) is 6.54 Å². The zero-order valence-electron chi connectivity index (χ0n) is 11.9. The molecule has 0 saturated heterocycles. The predicted octanol–water partition coefficient (Wildman–Crippen LogP) is 3.61. The molecule has 0 aliphatic rings. The number of benzene rings is 1. The van der Waals surface area contributed by atoms with Crippen molar-refractivity contribution in [1.82, 2.24) is 4.57 Å². The van der Waals surface area contributed by atoms with Gasteiger partial charge in [-0.05, 0) is 30.2 Å². The Morgan fingerprint density at radius 2 is 2.14 bits per heavy atom. The molecule has 1 unspecified atom stereocenters. The Morgan fingerprint density at radius 3 is 2.86 bits per heavy atom. The minimum absolute atomic E-state index is 0.157. The number of aromatic nitrogens is 1. The average Bonchev–Trinajstić information content (AvgIpc) is 2.90. The molecule has 0 saturated carbocycles. The van der Waals surface area contributed by atoms with Crippen molar-refractivity contribution in [3.05, 3.63) is 53.3 Å². The number of aliphatic hydroxyl groups excluding tert-OH is 1. The number of aliphatic hydroxyl groups is 1. The summed E-state index contributed by atoms with van der Waals surface area (Å²) in [5.74, 6) is -0.157. The summed E-state index contributed by atoms with van der Waals surface area (Å²) >= 11 is 6.00. The maximum Gasteiger partial charge on any atom is 0.244 e. The maximum absolute atomic E-state index is 12.0. The number of anilines is 1. The van der Waals surface area contributed by atoms with E-state index in [0.717, 1.165) is 18.4 Å². The predicted molar refractivity (Wildman–Crippen MR) is 84.4 cm³/mol. The zero-order chi connectivity index (χ0) is 15.2. The number of halogens is 1. The van der Waals surface area contributed by atoms with Crippen molar-refractivity contribution in [2.24, 2.45) is 0 Å². The first kappa shape index (κ1) is 15.6. The first-order valence-corrected chi connectivity index (χ1v) is 7.36. The highest BCUT2D eigenvalue weighted by Crippen LogP contribution is 2.21. The largest absolute Gasteiger partial charge is 0.388 e. The third-order valence-corrected chi connectivity index (χ3v) is 3.52. The lowest BCUT2D eigenvalue weighted by Gasteiger charge is -2.08. The lowest BCUT2D eigenvalue weighted by atomic mass is 10.1. The Labute approximate surface area is 129 Å². The highest BCUT2D eigenvalue weighted by atomic mass is 35.5. The van der Waals surface area contributed by atoms with Crippen molar-refractivity contribution >= 4 is 23.2 Å². The van der Waals surface area contributed by atoms with Crippen molar-refractivity contribution < 1.29 is 9.90 Å². The molecular weight excluding hydrogens is 288 g/mol. The van der Waals surface area contributed by atoms with Crippen LogP contribution in [-0.4, -0.2) is 15.6 Å². The fraction of sp³-hybridized carbons (Fsp3) is 0.312. The van der Waals surface area contributed by atoms with Gasteiger partial charge in [0, 0.05) is 12.4 Å². The van der Waals surface area contributed by atoms with E-state index in [9.17, 15) is 9.90 Å². The van der Waals surface area contributed by atoms with Gasteiger partial charge in [-0.25, -0.2) is 0 Å². The average molecular weight is 307 g/mol. The highest BCUT2D eigenvalue weighted by Gasteiger charge is 2.10. The number of hydrogen-bond donors (Lipinski definition) is 2. The molecule has 0 fully saturated rings. The van der Waals surface area contributed by atoms with Gasteiger partial charge in [0.2, 0.25) is 5.91 Å². The molecule has 0 bridgehead atoms. The normalized spacial score (nSPS) is 12.1. The molecule has 1 heterocycles. The molecule has 1 aromatic heterocycles. The number of hydrogen-bond acceptors (Lipinski definition) is 2. The number of nitrogens with zero attached hydrogens (tertiary/aromatic N) is 1. The van der Waals surface area contributed by atoms with Gasteiger partial charge in [0.05, 0.1) is 16.8 Å². The molecule has 4 nitrogen and oxygen atoms in total. The Bertz CT molecular complexity index is 610. The van der Waals surface area contributed by atoms with E-state index in [1.165, 1.54) is 0 Å². The number of carbonyl (C=O) groups excluding carboxylic acids is 1. The molecule has 0 aliphatic heterocycles. The SMILES string of the molecule is CCCC(O)c1ccn(CC(=O)Nc2ccccc2Cl)c1. The fourth-order valence-corrected chi connectivity index (χ4v) is 2.30. The second-order valence-corrected chi connectivity index (χ2v) is 5.36. The van der Waals surface area contributed by atoms with Crippen molar-refractivity contribution in [1.29, 1.82) is 0 Å². The van der Waals surface area contributed by atoms with E-state index in [4.69, 9.17) is 11.6 Å². The minimum atomic E-state index is -0.470. The monoisotopic (exact) mass is 306 g/mol. The van der Waals surface area contributed by atoms with Gasteiger partial charge >= 0.3 is 0 Å². The molecule has 0 aliphatic carbocycles. The second-order valence-electron chi connectivity index (χ2n) is 4.95. The molecule has 0 radical (unpaired) electrons. The number of nitrogens with one attached hydrogen (secondary N) is 1. The summed E-state index contributed by atoms with van der Waals surface area (Å²) in [7, 11) is 0. The van der Waals surface area contributed by atoms with Crippen LogP contribution in [0.25, 0.3) is 0 Å². The van der Waals surface area contributed by atoms with E-state index < -0.39 is 6.10 Å². The summed E-state index contributed by atoms with van der Waals surface area (Å²) in [4.78, 5) is 12.0. The van der Waals surface area contributed by atoms with Crippen LogP contribution < -0.4 is 5.32 Å². The first-order valence-electron chi connectivity index (χ1n) is 6.98. The lowest BCUT2D eigenvalue weighted by Crippen LogP contribution is -2.18. The van der Waals surface area contributed by atoms with E-state index in [1.54, 1.807) is 29.1 Å². The van der Waals surface area contributed by atoms with Crippen LogP contribution in [0.15, 0.2) is 42.7 Å². The van der Waals surface area contributed by atoms with Crippen LogP contribution in [0.5, 0.6) is 0 Å². The first-order chi connectivity index (χ1) is 10.1. The fourth-order valence-electron chi connectivity index (χ4n) is 2.11. The number of para-hydroxylation sites is 1. The molecule has 0 spiro atoms. The molecule has 112 valence electrons. The van der Waals surface area contributed by atoms with E-state index >= 15 is 0 Å². The van der Waals surface area contributed by atoms with E-state index in [2.05, 4.69) is 5.32 Å². The molecule has 2 rings (SSSR count). The maximum atomic E-state index is 12.0. The van der Waals surface area contributed by atoms with Crippen molar-refractivity contribution in [2.45, 2.75) is 32.4 Å². The highest BCUT2D eigenvalue weighted by molar-refractivity contribution is 6.33. The van der Waals surface area contributed by atoms with Gasteiger partial charge in [-0.15, -0.1) is 0 Å². The third-order valence-electron chi connectivity index (χ3n) is 3.19. The standard InChI is InChI=1S/C16H19ClN2O2/c1-2-5-15(20)12-8-9-19(10-12)11-16(21)18-14-7-4-3-6-13(14)17/h3-4,6-10,15,20H,2,5,11H2,1H3,(H,18,21). The Morgan fingerprint density at radius 1 is 1.38 bits per heavy atom. The molecule has 5 heteroatoms. The van der Waals surface area contributed by atoms with Gasteiger partial charge in [0.15, 0.2) is 0 Å². The molecule has 2 N–H and O–H groups in total. The summed E-state index contributed by atoms with van der Waals surface area (Å²) in [6, 6.07) is 8.95.